The lowest BCUT2D eigenvalue weighted by Crippen LogP contribution is -2.03. The molecule has 2 aromatic rings. The number of ether oxygens (including phenoxy) is 2. The van der Waals surface area contributed by atoms with E-state index in [0.29, 0.717) is 6.54 Å². The topological polar surface area (TPSA) is 50.7 Å². The van der Waals surface area contributed by atoms with E-state index in [9.17, 15) is 5.11 Å². The molecule has 0 amide bonds. The molecule has 0 heterocycles. The second kappa shape index (κ2) is 6.19. The van der Waals surface area contributed by atoms with Gasteiger partial charge in [-0.3, -0.25) is 0 Å². The summed E-state index contributed by atoms with van der Waals surface area (Å²) in [7, 11) is 3.29. The number of anilines is 1. The van der Waals surface area contributed by atoms with Crippen molar-refractivity contribution >= 4 is 5.69 Å². The number of hydrogen-bond donors (Lipinski definition) is 2. The van der Waals surface area contributed by atoms with Gasteiger partial charge in [0.15, 0.2) is 0 Å². The highest BCUT2D eigenvalue weighted by atomic mass is 16.5. The highest BCUT2D eigenvalue weighted by molar-refractivity contribution is 5.54. The van der Waals surface area contributed by atoms with Crippen LogP contribution < -0.4 is 14.8 Å². The zero-order valence-corrected chi connectivity index (χ0v) is 11.9. The van der Waals surface area contributed by atoms with Gasteiger partial charge in [-0.25, -0.2) is 0 Å². The standard InChI is InChI=1S/C16H19NO3/c1-11-8-13(18)4-6-15(11)17-10-12-9-14(19-2)5-7-16(12)20-3/h4-9,17-18H,10H2,1-3H3. The van der Waals surface area contributed by atoms with Gasteiger partial charge in [-0.15, -0.1) is 0 Å². The molecule has 0 fully saturated rings. The highest BCUT2D eigenvalue weighted by Gasteiger charge is 2.06. The molecule has 0 saturated heterocycles. The lowest BCUT2D eigenvalue weighted by atomic mass is 10.1. The quantitative estimate of drug-likeness (QED) is 0.820. The van der Waals surface area contributed by atoms with Crippen LogP contribution in [-0.4, -0.2) is 19.3 Å². The van der Waals surface area contributed by atoms with Crippen molar-refractivity contribution in [2.24, 2.45) is 0 Å². The van der Waals surface area contributed by atoms with Crippen molar-refractivity contribution in [1.82, 2.24) is 0 Å². The first-order valence-electron chi connectivity index (χ1n) is 6.38. The summed E-state index contributed by atoms with van der Waals surface area (Å²) >= 11 is 0. The summed E-state index contributed by atoms with van der Waals surface area (Å²) in [6.07, 6.45) is 0. The van der Waals surface area contributed by atoms with Crippen LogP contribution >= 0.6 is 0 Å². The summed E-state index contributed by atoms with van der Waals surface area (Å²) < 4.78 is 10.6. The Balaban J connectivity index is 2.17. The number of benzene rings is 2. The molecule has 0 aromatic heterocycles. The first-order valence-corrected chi connectivity index (χ1v) is 6.38. The molecule has 2 N–H and O–H groups in total. The number of phenols is 1. The van der Waals surface area contributed by atoms with Gasteiger partial charge in [0.05, 0.1) is 14.2 Å². The average molecular weight is 273 g/mol. The molecule has 2 rings (SSSR count). The van der Waals surface area contributed by atoms with Crippen LogP contribution in [0, 0.1) is 6.92 Å². The van der Waals surface area contributed by atoms with Crippen LogP contribution in [0.4, 0.5) is 5.69 Å². The molecule has 0 radical (unpaired) electrons. The second-order valence-electron chi connectivity index (χ2n) is 4.53. The van der Waals surface area contributed by atoms with Crippen molar-refractivity contribution in [2.45, 2.75) is 13.5 Å². The lowest BCUT2D eigenvalue weighted by Gasteiger charge is -2.13. The molecule has 20 heavy (non-hydrogen) atoms. The molecular formula is C16H19NO3. The zero-order valence-electron chi connectivity index (χ0n) is 11.9. The Morgan fingerprint density at radius 2 is 1.85 bits per heavy atom. The third-order valence-electron chi connectivity index (χ3n) is 3.17. The number of nitrogens with one attached hydrogen (secondary N) is 1. The van der Waals surface area contributed by atoms with Gasteiger partial charge in [-0.2, -0.15) is 0 Å². The van der Waals surface area contributed by atoms with Crippen LogP contribution in [0.3, 0.4) is 0 Å². The van der Waals surface area contributed by atoms with Crippen LogP contribution in [0.5, 0.6) is 17.2 Å². The monoisotopic (exact) mass is 273 g/mol. The molecule has 0 saturated carbocycles. The lowest BCUT2D eigenvalue weighted by molar-refractivity contribution is 0.399. The number of methoxy groups -OCH3 is 2. The largest absolute Gasteiger partial charge is 0.508 e. The molecule has 0 unspecified atom stereocenters. The van der Waals surface area contributed by atoms with Gasteiger partial charge >= 0.3 is 0 Å². The second-order valence-corrected chi connectivity index (χ2v) is 4.53. The SMILES string of the molecule is COc1ccc(OC)c(CNc2ccc(O)cc2C)c1. The maximum absolute atomic E-state index is 9.41. The summed E-state index contributed by atoms with van der Waals surface area (Å²) in [5, 5.41) is 12.7. The van der Waals surface area contributed by atoms with Crippen LogP contribution in [0.15, 0.2) is 36.4 Å². The van der Waals surface area contributed by atoms with E-state index in [4.69, 9.17) is 9.47 Å². The molecule has 0 aliphatic heterocycles. The Morgan fingerprint density at radius 3 is 2.50 bits per heavy atom. The minimum atomic E-state index is 0.270. The fourth-order valence-corrected chi connectivity index (χ4v) is 2.06. The Kier molecular flexibility index (Phi) is 4.35. The normalized spacial score (nSPS) is 10.2. The van der Waals surface area contributed by atoms with E-state index < -0.39 is 0 Å². The minimum absolute atomic E-state index is 0.270. The fraction of sp³-hybridized carbons (Fsp3) is 0.250. The van der Waals surface area contributed by atoms with Crippen LogP contribution in [0.2, 0.25) is 0 Å². The Labute approximate surface area is 119 Å². The molecule has 0 aliphatic rings. The Hall–Kier alpha value is -2.36. The van der Waals surface area contributed by atoms with Crippen molar-refractivity contribution in [1.29, 1.82) is 0 Å². The van der Waals surface area contributed by atoms with E-state index >= 15 is 0 Å². The van der Waals surface area contributed by atoms with E-state index in [1.165, 1.54) is 0 Å². The van der Waals surface area contributed by atoms with Gasteiger partial charge in [0.25, 0.3) is 0 Å². The van der Waals surface area contributed by atoms with E-state index in [1.807, 2.05) is 31.2 Å². The predicted molar refractivity (Wildman–Crippen MR) is 79.7 cm³/mol. The van der Waals surface area contributed by atoms with Crippen molar-refractivity contribution < 1.29 is 14.6 Å². The molecular weight excluding hydrogens is 254 g/mol. The molecule has 0 bridgehead atoms. The zero-order chi connectivity index (χ0) is 14.5. The van der Waals surface area contributed by atoms with Crippen LogP contribution in [0.1, 0.15) is 11.1 Å². The summed E-state index contributed by atoms with van der Waals surface area (Å²) in [5.41, 5.74) is 2.99. The summed E-state index contributed by atoms with van der Waals surface area (Å²) in [6.45, 7) is 2.57. The molecule has 106 valence electrons. The fourth-order valence-electron chi connectivity index (χ4n) is 2.06. The Bertz CT molecular complexity index is 596. The highest BCUT2D eigenvalue weighted by Crippen LogP contribution is 2.26. The first kappa shape index (κ1) is 14.1. The summed E-state index contributed by atoms with van der Waals surface area (Å²) in [6, 6.07) is 11.0. The number of hydrogen-bond acceptors (Lipinski definition) is 4. The maximum Gasteiger partial charge on any atom is 0.124 e. The number of aromatic hydroxyl groups is 1. The number of rotatable bonds is 5. The van der Waals surface area contributed by atoms with Gasteiger partial charge in [0.1, 0.15) is 17.2 Å². The molecule has 0 atom stereocenters. The first-order chi connectivity index (χ1) is 9.63. The smallest absolute Gasteiger partial charge is 0.124 e. The Morgan fingerprint density at radius 1 is 1.05 bits per heavy atom. The van der Waals surface area contributed by atoms with Gasteiger partial charge in [-0.1, -0.05) is 0 Å². The van der Waals surface area contributed by atoms with Crippen molar-refractivity contribution in [3.05, 3.63) is 47.5 Å². The van der Waals surface area contributed by atoms with Gasteiger partial charge in [-0.05, 0) is 48.9 Å². The van der Waals surface area contributed by atoms with E-state index in [0.717, 1.165) is 28.3 Å². The van der Waals surface area contributed by atoms with E-state index in [2.05, 4.69) is 5.32 Å². The van der Waals surface area contributed by atoms with Gasteiger partial charge in [0, 0.05) is 17.8 Å². The average Bonchev–Trinajstić information content (AvgIpc) is 2.46. The number of phenolic OH excluding ortho intramolecular Hbond substituents is 1. The molecule has 0 spiro atoms. The third-order valence-corrected chi connectivity index (χ3v) is 3.17. The molecule has 2 aromatic carbocycles. The van der Waals surface area contributed by atoms with E-state index in [1.54, 1.807) is 26.4 Å². The summed E-state index contributed by atoms with van der Waals surface area (Å²) in [4.78, 5) is 0. The van der Waals surface area contributed by atoms with Gasteiger partial charge in [0.2, 0.25) is 0 Å². The number of aryl methyl sites for hydroxylation is 1. The molecule has 4 heteroatoms. The van der Waals surface area contributed by atoms with Gasteiger partial charge < -0.3 is 19.9 Å². The molecule has 0 aliphatic carbocycles. The predicted octanol–water partition coefficient (Wildman–Crippen LogP) is 3.33. The maximum atomic E-state index is 9.41. The van der Waals surface area contributed by atoms with Crippen molar-refractivity contribution in [3.8, 4) is 17.2 Å². The van der Waals surface area contributed by atoms with Crippen LogP contribution in [-0.2, 0) is 6.54 Å². The van der Waals surface area contributed by atoms with Crippen molar-refractivity contribution in [2.75, 3.05) is 19.5 Å². The van der Waals surface area contributed by atoms with Crippen LogP contribution in [0.25, 0.3) is 0 Å². The summed E-state index contributed by atoms with van der Waals surface area (Å²) in [5.74, 6) is 1.88. The van der Waals surface area contributed by atoms with E-state index in [-0.39, 0.29) is 5.75 Å². The third kappa shape index (κ3) is 3.15. The molecule has 4 nitrogen and oxygen atoms in total. The minimum Gasteiger partial charge on any atom is -0.508 e. The van der Waals surface area contributed by atoms with Crippen molar-refractivity contribution in [3.63, 3.8) is 0 Å².